The molecule has 1 amide bonds. The summed E-state index contributed by atoms with van der Waals surface area (Å²) in [4.78, 5) is 20.2. The second-order valence-electron chi connectivity index (χ2n) is 8.37. The van der Waals surface area contributed by atoms with Crippen molar-refractivity contribution in [2.24, 2.45) is 5.41 Å². The molecule has 1 fully saturated rings. The third-order valence-electron chi connectivity index (χ3n) is 5.48. The predicted octanol–water partition coefficient (Wildman–Crippen LogP) is 4.61. The van der Waals surface area contributed by atoms with E-state index in [4.69, 9.17) is 4.74 Å². The molecule has 1 unspecified atom stereocenters. The van der Waals surface area contributed by atoms with E-state index in [-0.39, 0.29) is 42.5 Å². The first-order valence-corrected chi connectivity index (χ1v) is 10.3. The molecular formula is C22H18F6N4O3. The number of nitrogens with zero attached hydrogens (tertiary/aromatic N) is 3. The van der Waals surface area contributed by atoms with E-state index in [1.165, 1.54) is 30.5 Å². The Labute approximate surface area is 194 Å². The van der Waals surface area contributed by atoms with Crippen LogP contribution in [0.1, 0.15) is 35.7 Å². The van der Waals surface area contributed by atoms with Crippen LogP contribution < -0.4 is 5.32 Å². The first kappa shape index (κ1) is 24.6. The zero-order valence-electron chi connectivity index (χ0n) is 18.1. The highest BCUT2D eigenvalue weighted by Gasteiger charge is 2.42. The molecular weight excluding hydrogens is 482 g/mol. The second-order valence-corrected chi connectivity index (χ2v) is 8.37. The zero-order valence-corrected chi connectivity index (χ0v) is 18.1. The summed E-state index contributed by atoms with van der Waals surface area (Å²) in [5.41, 5.74) is -0.937. The van der Waals surface area contributed by atoms with Crippen LogP contribution in [0.15, 0.2) is 47.1 Å². The standard InChI is InChI=1S/C22H18F6N4O3/c1-20(10-34-11-20)18(33)30-16(12-3-2-4-14(7-12)21(23,24)25)8-15-6-5-13(9-29-15)17-31-19(35-32-17)22(26,27)28/h2-7,9,16H,8,10-11H2,1H3,(H,30,33). The lowest BCUT2D eigenvalue weighted by Crippen LogP contribution is -2.52. The summed E-state index contributed by atoms with van der Waals surface area (Å²) >= 11 is 0. The molecule has 3 aromatic rings. The quantitative estimate of drug-likeness (QED) is 0.498. The minimum atomic E-state index is -4.79. The fourth-order valence-corrected chi connectivity index (χ4v) is 3.40. The molecule has 0 spiro atoms. The van der Waals surface area contributed by atoms with Gasteiger partial charge in [-0.15, -0.1) is 0 Å². The molecule has 3 heterocycles. The average molecular weight is 500 g/mol. The maximum atomic E-state index is 13.2. The Kier molecular flexibility index (Phi) is 6.30. The van der Waals surface area contributed by atoms with E-state index < -0.39 is 35.3 Å². The molecule has 35 heavy (non-hydrogen) atoms. The van der Waals surface area contributed by atoms with Crippen LogP contribution in [-0.2, 0) is 28.3 Å². The van der Waals surface area contributed by atoms with Crippen molar-refractivity contribution in [2.75, 3.05) is 13.2 Å². The number of amides is 1. The van der Waals surface area contributed by atoms with Gasteiger partial charge in [0.25, 0.3) is 0 Å². The summed E-state index contributed by atoms with van der Waals surface area (Å²) in [5, 5.41) is 6.06. The van der Waals surface area contributed by atoms with Crippen molar-refractivity contribution >= 4 is 5.91 Å². The van der Waals surface area contributed by atoms with E-state index in [0.29, 0.717) is 5.69 Å². The SMILES string of the molecule is CC1(C(=O)NC(Cc2ccc(-c3noc(C(F)(F)F)n3)cn2)c2cccc(C(F)(F)F)c2)COC1. The molecule has 1 aromatic carbocycles. The molecule has 0 radical (unpaired) electrons. The topological polar surface area (TPSA) is 90.1 Å². The zero-order chi connectivity index (χ0) is 25.4. The van der Waals surface area contributed by atoms with Crippen LogP contribution in [0.4, 0.5) is 26.3 Å². The van der Waals surface area contributed by atoms with Crippen molar-refractivity contribution in [2.45, 2.75) is 31.7 Å². The minimum absolute atomic E-state index is 0.0182. The van der Waals surface area contributed by atoms with Crippen molar-refractivity contribution in [1.29, 1.82) is 0 Å². The molecule has 1 atom stereocenters. The van der Waals surface area contributed by atoms with E-state index in [1.54, 1.807) is 6.92 Å². The normalized spacial score (nSPS) is 16.4. The summed E-state index contributed by atoms with van der Waals surface area (Å²) in [6.45, 7) is 2.06. The first-order chi connectivity index (χ1) is 16.3. The number of hydrogen-bond donors (Lipinski definition) is 1. The molecule has 1 saturated heterocycles. The van der Waals surface area contributed by atoms with Crippen LogP contribution in [-0.4, -0.2) is 34.2 Å². The van der Waals surface area contributed by atoms with Crippen LogP contribution >= 0.6 is 0 Å². The maximum absolute atomic E-state index is 13.2. The minimum Gasteiger partial charge on any atom is -0.379 e. The lowest BCUT2D eigenvalue weighted by molar-refractivity contribution is -0.159. The molecule has 13 heteroatoms. The summed E-state index contributed by atoms with van der Waals surface area (Å²) in [5.74, 6) is -2.20. The Bertz CT molecular complexity index is 1200. The number of nitrogens with one attached hydrogen (secondary N) is 1. The number of hydrogen-bond acceptors (Lipinski definition) is 6. The van der Waals surface area contributed by atoms with Crippen molar-refractivity contribution < 1.29 is 40.4 Å². The molecule has 1 N–H and O–H groups in total. The summed E-state index contributed by atoms with van der Waals surface area (Å²) in [6, 6.07) is 6.60. The number of ether oxygens (including phenoxy) is 1. The number of benzene rings is 1. The van der Waals surface area contributed by atoms with Crippen LogP contribution in [0, 0.1) is 5.41 Å². The summed E-state index contributed by atoms with van der Waals surface area (Å²) in [7, 11) is 0. The van der Waals surface area contributed by atoms with Crippen molar-refractivity contribution in [1.82, 2.24) is 20.4 Å². The van der Waals surface area contributed by atoms with Gasteiger partial charge >= 0.3 is 18.2 Å². The second kappa shape index (κ2) is 8.95. The first-order valence-electron chi connectivity index (χ1n) is 10.3. The number of carbonyl (C=O) groups is 1. The van der Waals surface area contributed by atoms with Crippen LogP contribution in [0.25, 0.3) is 11.4 Å². The van der Waals surface area contributed by atoms with E-state index in [2.05, 4.69) is 25.0 Å². The Balaban J connectivity index is 1.58. The lowest BCUT2D eigenvalue weighted by Gasteiger charge is -2.37. The van der Waals surface area contributed by atoms with Gasteiger partial charge < -0.3 is 14.6 Å². The van der Waals surface area contributed by atoms with Gasteiger partial charge in [-0.25, -0.2) is 0 Å². The summed E-state index contributed by atoms with van der Waals surface area (Å²) < 4.78 is 87.1. The van der Waals surface area contributed by atoms with Gasteiger partial charge in [-0.2, -0.15) is 31.3 Å². The van der Waals surface area contributed by atoms with Gasteiger partial charge in [0.2, 0.25) is 11.7 Å². The van der Waals surface area contributed by atoms with E-state index in [1.807, 2.05) is 0 Å². The van der Waals surface area contributed by atoms with Crippen LogP contribution in [0.5, 0.6) is 0 Å². The molecule has 1 aliphatic rings. The van der Waals surface area contributed by atoms with E-state index in [9.17, 15) is 31.1 Å². The number of rotatable bonds is 6. The maximum Gasteiger partial charge on any atom is 0.471 e. The largest absolute Gasteiger partial charge is 0.471 e. The number of alkyl halides is 6. The third kappa shape index (κ3) is 5.45. The number of carbonyl (C=O) groups excluding carboxylic acids is 1. The molecule has 0 aliphatic carbocycles. The lowest BCUT2D eigenvalue weighted by atomic mass is 9.86. The highest BCUT2D eigenvalue weighted by Crippen LogP contribution is 2.33. The molecule has 1 aliphatic heterocycles. The van der Waals surface area contributed by atoms with Crippen molar-refractivity contribution in [3.8, 4) is 11.4 Å². The highest BCUT2D eigenvalue weighted by molar-refractivity contribution is 5.83. The Morgan fingerprint density at radius 1 is 1.11 bits per heavy atom. The molecule has 0 saturated carbocycles. The number of aromatic nitrogens is 3. The van der Waals surface area contributed by atoms with Gasteiger partial charge in [0.05, 0.1) is 30.2 Å². The van der Waals surface area contributed by atoms with Crippen LogP contribution in [0.3, 0.4) is 0 Å². The molecule has 4 rings (SSSR count). The van der Waals surface area contributed by atoms with Crippen molar-refractivity contribution in [3.63, 3.8) is 0 Å². The van der Waals surface area contributed by atoms with E-state index in [0.717, 1.165) is 12.1 Å². The third-order valence-corrected chi connectivity index (χ3v) is 5.48. The number of halogens is 6. The summed E-state index contributed by atoms with van der Waals surface area (Å²) in [6.07, 6.45) is -8.13. The molecule has 0 bridgehead atoms. The Morgan fingerprint density at radius 2 is 1.86 bits per heavy atom. The molecule has 186 valence electrons. The fraction of sp³-hybridized carbons (Fsp3) is 0.364. The monoisotopic (exact) mass is 500 g/mol. The van der Waals surface area contributed by atoms with Crippen molar-refractivity contribution in [3.05, 3.63) is 65.3 Å². The fourth-order valence-electron chi connectivity index (χ4n) is 3.40. The smallest absolute Gasteiger partial charge is 0.379 e. The van der Waals surface area contributed by atoms with Crippen LogP contribution in [0.2, 0.25) is 0 Å². The Morgan fingerprint density at radius 3 is 2.40 bits per heavy atom. The van der Waals surface area contributed by atoms with Gasteiger partial charge in [0, 0.05) is 23.9 Å². The van der Waals surface area contributed by atoms with Gasteiger partial charge in [-0.3, -0.25) is 9.78 Å². The van der Waals surface area contributed by atoms with Gasteiger partial charge in [0.15, 0.2) is 0 Å². The van der Waals surface area contributed by atoms with Gasteiger partial charge in [-0.1, -0.05) is 17.3 Å². The van der Waals surface area contributed by atoms with E-state index >= 15 is 0 Å². The molecule has 2 aromatic heterocycles. The highest BCUT2D eigenvalue weighted by atomic mass is 19.4. The van der Waals surface area contributed by atoms with Gasteiger partial charge in [0.1, 0.15) is 0 Å². The Hall–Kier alpha value is -3.48. The number of pyridine rings is 1. The average Bonchev–Trinajstić information content (AvgIpc) is 3.28. The van der Waals surface area contributed by atoms with Gasteiger partial charge in [-0.05, 0) is 36.8 Å². The molecule has 7 nitrogen and oxygen atoms in total. The predicted molar refractivity (Wildman–Crippen MR) is 107 cm³/mol.